The van der Waals surface area contributed by atoms with Crippen molar-refractivity contribution in [2.24, 2.45) is 0 Å². The van der Waals surface area contributed by atoms with Crippen LogP contribution in [-0.4, -0.2) is 13.0 Å². The molecule has 1 aliphatic heterocycles. The number of nitrogens with one attached hydrogen (secondary N) is 1. The van der Waals surface area contributed by atoms with Gasteiger partial charge in [-0.3, -0.25) is 4.79 Å². The van der Waals surface area contributed by atoms with Gasteiger partial charge in [0.2, 0.25) is 0 Å². The molecule has 4 nitrogen and oxygen atoms in total. The Morgan fingerprint density at radius 3 is 2.60 bits per heavy atom. The van der Waals surface area contributed by atoms with Crippen molar-refractivity contribution in [1.82, 2.24) is 0 Å². The Balaban J connectivity index is 2.03. The average molecular weight is 266 g/mol. The van der Waals surface area contributed by atoms with Crippen LogP contribution in [0.5, 0.6) is 5.75 Å². The van der Waals surface area contributed by atoms with Crippen molar-refractivity contribution < 1.29 is 9.53 Å². The summed E-state index contributed by atoms with van der Waals surface area (Å²) >= 11 is 0. The van der Waals surface area contributed by atoms with E-state index < -0.39 is 0 Å². The fourth-order valence-electron chi connectivity index (χ4n) is 2.22. The SMILES string of the molecule is COc1ccc(/C=C2\C(=O)Nc3ccc(N)cc32)cc1. The van der Waals surface area contributed by atoms with Crippen molar-refractivity contribution in [2.75, 3.05) is 18.2 Å². The Kier molecular flexibility index (Phi) is 2.91. The van der Waals surface area contributed by atoms with Crippen molar-refractivity contribution in [2.45, 2.75) is 0 Å². The Hall–Kier alpha value is -2.75. The van der Waals surface area contributed by atoms with E-state index >= 15 is 0 Å². The molecule has 0 aromatic heterocycles. The lowest BCUT2D eigenvalue weighted by atomic mass is 10.0. The first kappa shape index (κ1) is 12.3. The maximum atomic E-state index is 12.0. The minimum Gasteiger partial charge on any atom is -0.497 e. The van der Waals surface area contributed by atoms with Gasteiger partial charge in [0.05, 0.1) is 7.11 Å². The van der Waals surface area contributed by atoms with Gasteiger partial charge in [-0.15, -0.1) is 0 Å². The number of fused-ring (bicyclic) bond motifs is 1. The number of benzene rings is 2. The van der Waals surface area contributed by atoms with E-state index in [1.54, 1.807) is 13.2 Å². The van der Waals surface area contributed by atoms with Crippen molar-refractivity contribution in [3.63, 3.8) is 0 Å². The van der Waals surface area contributed by atoms with E-state index in [4.69, 9.17) is 10.5 Å². The maximum absolute atomic E-state index is 12.0. The fourth-order valence-corrected chi connectivity index (χ4v) is 2.22. The molecule has 1 amide bonds. The number of carbonyl (C=O) groups is 1. The summed E-state index contributed by atoms with van der Waals surface area (Å²) < 4.78 is 5.12. The number of hydrogen-bond acceptors (Lipinski definition) is 3. The molecule has 0 fully saturated rings. The minimum absolute atomic E-state index is 0.110. The number of anilines is 2. The topological polar surface area (TPSA) is 64.3 Å². The van der Waals surface area contributed by atoms with Gasteiger partial charge in [-0.05, 0) is 42.0 Å². The van der Waals surface area contributed by atoms with Gasteiger partial charge < -0.3 is 15.8 Å². The summed E-state index contributed by atoms with van der Waals surface area (Å²) in [5, 5.41) is 2.83. The number of hydrogen-bond donors (Lipinski definition) is 2. The molecule has 0 aliphatic carbocycles. The number of methoxy groups -OCH3 is 1. The van der Waals surface area contributed by atoms with E-state index in [0.717, 1.165) is 22.6 Å². The average Bonchev–Trinajstić information content (AvgIpc) is 2.76. The summed E-state index contributed by atoms with van der Waals surface area (Å²) in [4.78, 5) is 12.0. The summed E-state index contributed by atoms with van der Waals surface area (Å²) in [7, 11) is 1.62. The number of ether oxygens (including phenoxy) is 1. The number of rotatable bonds is 2. The fraction of sp³-hybridized carbons (Fsp3) is 0.0625. The molecular weight excluding hydrogens is 252 g/mol. The van der Waals surface area contributed by atoms with Gasteiger partial charge in [-0.1, -0.05) is 12.1 Å². The lowest BCUT2D eigenvalue weighted by Crippen LogP contribution is -2.03. The molecule has 0 saturated carbocycles. The van der Waals surface area contributed by atoms with E-state index in [-0.39, 0.29) is 5.91 Å². The monoisotopic (exact) mass is 266 g/mol. The first-order valence-electron chi connectivity index (χ1n) is 6.24. The minimum atomic E-state index is -0.110. The highest BCUT2D eigenvalue weighted by Gasteiger charge is 2.23. The molecule has 0 bridgehead atoms. The molecule has 20 heavy (non-hydrogen) atoms. The van der Waals surface area contributed by atoms with Gasteiger partial charge in [0.25, 0.3) is 5.91 Å². The molecule has 0 radical (unpaired) electrons. The highest BCUT2D eigenvalue weighted by Crippen LogP contribution is 2.34. The zero-order chi connectivity index (χ0) is 14.1. The Morgan fingerprint density at radius 1 is 1.15 bits per heavy atom. The molecule has 0 atom stereocenters. The molecule has 3 N–H and O–H groups in total. The lowest BCUT2D eigenvalue weighted by molar-refractivity contribution is -0.110. The van der Waals surface area contributed by atoms with Crippen molar-refractivity contribution >= 4 is 28.9 Å². The van der Waals surface area contributed by atoms with Crippen LogP contribution in [0.25, 0.3) is 11.6 Å². The molecule has 2 aromatic carbocycles. The molecule has 100 valence electrons. The quantitative estimate of drug-likeness (QED) is 0.649. The zero-order valence-electron chi connectivity index (χ0n) is 11.0. The van der Waals surface area contributed by atoms with Crippen LogP contribution in [0.1, 0.15) is 11.1 Å². The van der Waals surface area contributed by atoms with Crippen molar-refractivity contribution in [3.05, 3.63) is 53.6 Å². The first-order valence-corrected chi connectivity index (χ1v) is 6.24. The molecule has 2 aromatic rings. The van der Waals surface area contributed by atoms with Crippen LogP contribution in [0.4, 0.5) is 11.4 Å². The summed E-state index contributed by atoms with van der Waals surface area (Å²) in [6.45, 7) is 0. The third kappa shape index (κ3) is 2.12. The number of nitrogen functional groups attached to an aromatic ring is 1. The van der Waals surface area contributed by atoms with Crippen LogP contribution in [0.15, 0.2) is 42.5 Å². The van der Waals surface area contributed by atoms with Gasteiger partial charge in [0.1, 0.15) is 5.75 Å². The van der Waals surface area contributed by atoms with Crippen LogP contribution in [-0.2, 0) is 4.79 Å². The summed E-state index contributed by atoms with van der Waals surface area (Å²) in [5.41, 5.74) is 9.62. The Bertz CT molecular complexity index is 703. The van der Waals surface area contributed by atoms with Gasteiger partial charge in [-0.2, -0.15) is 0 Å². The summed E-state index contributed by atoms with van der Waals surface area (Å²) in [6, 6.07) is 12.9. The standard InChI is InChI=1S/C16H14N2O2/c1-20-12-5-2-10(3-6-12)8-14-13-9-11(17)4-7-15(13)18-16(14)19/h2-9H,17H2,1H3,(H,18,19)/b14-8-. The highest BCUT2D eigenvalue weighted by atomic mass is 16.5. The molecule has 0 unspecified atom stereocenters. The second-order valence-electron chi connectivity index (χ2n) is 4.59. The Morgan fingerprint density at radius 2 is 1.90 bits per heavy atom. The molecule has 0 saturated heterocycles. The molecule has 1 heterocycles. The molecule has 4 heteroatoms. The van der Waals surface area contributed by atoms with E-state index in [9.17, 15) is 4.79 Å². The lowest BCUT2D eigenvalue weighted by Gasteiger charge is -2.02. The van der Waals surface area contributed by atoms with Crippen LogP contribution in [0.3, 0.4) is 0 Å². The first-order chi connectivity index (χ1) is 9.67. The zero-order valence-corrected chi connectivity index (χ0v) is 11.0. The van der Waals surface area contributed by atoms with Crippen molar-refractivity contribution in [1.29, 1.82) is 0 Å². The van der Waals surface area contributed by atoms with Gasteiger partial charge >= 0.3 is 0 Å². The van der Waals surface area contributed by atoms with E-state index in [1.807, 2.05) is 42.5 Å². The Labute approximate surface area is 116 Å². The van der Waals surface area contributed by atoms with E-state index in [1.165, 1.54) is 0 Å². The van der Waals surface area contributed by atoms with Gasteiger partial charge in [-0.25, -0.2) is 0 Å². The molecule has 0 spiro atoms. The predicted octanol–water partition coefficient (Wildman–Crippen LogP) is 2.77. The third-order valence-corrected chi connectivity index (χ3v) is 3.25. The molecule has 1 aliphatic rings. The second-order valence-corrected chi connectivity index (χ2v) is 4.59. The molecular formula is C16H14N2O2. The smallest absolute Gasteiger partial charge is 0.256 e. The van der Waals surface area contributed by atoms with Gasteiger partial charge in [0.15, 0.2) is 0 Å². The van der Waals surface area contributed by atoms with Crippen LogP contribution in [0, 0.1) is 0 Å². The third-order valence-electron chi connectivity index (χ3n) is 3.25. The summed E-state index contributed by atoms with van der Waals surface area (Å²) in [5.74, 6) is 0.675. The predicted molar refractivity (Wildman–Crippen MR) is 80.3 cm³/mol. The molecule has 3 rings (SSSR count). The van der Waals surface area contributed by atoms with E-state index in [0.29, 0.717) is 11.3 Å². The van der Waals surface area contributed by atoms with Gasteiger partial charge in [0, 0.05) is 22.5 Å². The van der Waals surface area contributed by atoms with Crippen LogP contribution < -0.4 is 15.8 Å². The maximum Gasteiger partial charge on any atom is 0.256 e. The van der Waals surface area contributed by atoms with E-state index in [2.05, 4.69) is 5.32 Å². The number of amides is 1. The summed E-state index contributed by atoms with van der Waals surface area (Å²) in [6.07, 6.45) is 1.85. The van der Waals surface area contributed by atoms with Crippen molar-refractivity contribution in [3.8, 4) is 5.75 Å². The number of carbonyl (C=O) groups excluding carboxylic acids is 1. The highest BCUT2D eigenvalue weighted by molar-refractivity contribution is 6.35. The second kappa shape index (κ2) is 4.74. The largest absolute Gasteiger partial charge is 0.497 e. The van der Waals surface area contributed by atoms with Crippen LogP contribution >= 0.6 is 0 Å². The van der Waals surface area contributed by atoms with Crippen LogP contribution in [0.2, 0.25) is 0 Å². The number of nitrogens with two attached hydrogens (primary N) is 1. The normalized spacial score (nSPS) is 15.1.